The topological polar surface area (TPSA) is 72.9 Å². The van der Waals surface area contributed by atoms with Crippen molar-refractivity contribution in [3.8, 4) is 0 Å². The summed E-state index contributed by atoms with van der Waals surface area (Å²) in [6.07, 6.45) is 0.527. The lowest BCUT2D eigenvalue weighted by molar-refractivity contribution is -0.129. The van der Waals surface area contributed by atoms with Gasteiger partial charge in [-0.25, -0.2) is 0 Å². The predicted molar refractivity (Wildman–Crippen MR) is 77.0 cm³/mol. The molecule has 2 fully saturated rings. The average molecular weight is 287 g/mol. The Hall–Kier alpha value is -2.08. The first-order valence-corrected chi connectivity index (χ1v) is 7.31. The van der Waals surface area contributed by atoms with E-state index in [-0.39, 0.29) is 11.8 Å². The monoisotopic (exact) mass is 287 g/mol. The average Bonchev–Trinajstić information content (AvgIpc) is 3.00. The Morgan fingerprint density at radius 3 is 2.95 bits per heavy atom. The van der Waals surface area contributed by atoms with Crippen LogP contribution in [0.4, 0.5) is 11.4 Å². The Morgan fingerprint density at radius 2 is 2.10 bits per heavy atom. The zero-order chi connectivity index (χ0) is 14.6. The maximum absolute atomic E-state index is 11.7. The number of rotatable bonds is 1. The summed E-state index contributed by atoms with van der Waals surface area (Å²) >= 11 is 0. The molecular weight excluding hydrogens is 270 g/mol. The molecule has 0 bridgehead atoms. The number of nitrogens with zero attached hydrogens (tertiary/aromatic N) is 2. The van der Waals surface area contributed by atoms with Crippen molar-refractivity contribution < 1.29 is 14.7 Å². The van der Waals surface area contributed by atoms with Gasteiger partial charge in [0.25, 0.3) is 5.91 Å². The van der Waals surface area contributed by atoms with Crippen LogP contribution >= 0.6 is 0 Å². The van der Waals surface area contributed by atoms with Crippen LogP contribution in [0.5, 0.6) is 0 Å². The quantitative estimate of drug-likeness (QED) is 0.788. The molecule has 0 aliphatic carbocycles. The molecule has 0 spiro atoms. The fraction of sp³-hybridized carbons (Fsp3) is 0.467. The second kappa shape index (κ2) is 4.46. The molecule has 6 nitrogen and oxygen atoms in total. The highest BCUT2D eigenvalue weighted by Crippen LogP contribution is 2.35. The largest absolute Gasteiger partial charge is 0.378 e. The summed E-state index contributed by atoms with van der Waals surface area (Å²) in [6, 6.07) is 5.96. The smallest absolute Gasteiger partial charge is 0.257 e. The summed E-state index contributed by atoms with van der Waals surface area (Å²) in [5.41, 5.74) is 2.36. The second-order valence-corrected chi connectivity index (χ2v) is 5.89. The normalized spacial score (nSPS) is 27.7. The summed E-state index contributed by atoms with van der Waals surface area (Å²) in [5.74, 6) is -0.0997. The Labute approximate surface area is 122 Å². The molecule has 1 aromatic carbocycles. The number of fused-ring (bicyclic) bond motifs is 2. The van der Waals surface area contributed by atoms with Crippen LogP contribution in [0.3, 0.4) is 0 Å². The van der Waals surface area contributed by atoms with Crippen LogP contribution < -0.4 is 10.2 Å². The molecule has 0 saturated carbocycles. The fourth-order valence-electron chi connectivity index (χ4n) is 3.53. The number of carbonyl (C=O) groups is 2. The first kappa shape index (κ1) is 12.6. The van der Waals surface area contributed by atoms with Gasteiger partial charge in [-0.2, -0.15) is 0 Å². The Bertz CT molecular complexity index is 631. The number of benzene rings is 1. The summed E-state index contributed by atoms with van der Waals surface area (Å²) in [6.45, 7) is 2.40. The van der Waals surface area contributed by atoms with Gasteiger partial charge in [-0.15, -0.1) is 0 Å². The highest BCUT2D eigenvalue weighted by molar-refractivity contribution is 6.02. The van der Waals surface area contributed by atoms with Gasteiger partial charge in [-0.05, 0) is 18.6 Å². The number of carbonyl (C=O) groups excluding carboxylic acids is 2. The van der Waals surface area contributed by atoms with E-state index < -0.39 is 6.10 Å². The van der Waals surface area contributed by atoms with E-state index in [0.717, 1.165) is 31.7 Å². The van der Waals surface area contributed by atoms with Gasteiger partial charge in [0.2, 0.25) is 5.91 Å². The van der Waals surface area contributed by atoms with E-state index in [1.165, 1.54) is 0 Å². The van der Waals surface area contributed by atoms with Crippen LogP contribution in [0.25, 0.3) is 0 Å². The molecule has 3 heterocycles. The number of hydrogen-bond donors (Lipinski definition) is 2. The van der Waals surface area contributed by atoms with Crippen LogP contribution in [-0.4, -0.2) is 47.5 Å². The van der Waals surface area contributed by atoms with E-state index in [0.29, 0.717) is 23.7 Å². The third-order valence-corrected chi connectivity index (χ3v) is 4.70. The van der Waals surface area contributed by atoms with Crippen molar-refractivity contribution in [1.82, 2.24) is 4.90 Å². The lowest BCUT2D eigenvalue weighted by Gasteiger charge is -2.39. The zero-order valence-electron chi connectivity index (χ0n) is 11.6. The summed E-state index contributed by atoms with van der Waals surface area (Å²) in [4.78, 5) is 27.4. The van der Waals surface area contributed by atoms with E-state index in [2.05, 4.69) is 10.2 Å². The van der Waals surface area contributed by atoms with E-state index in [1.54, 1.807) is 6.07 Å². The summed E-state index contributed by atoms with van der Waals surface area (Å²) in [5, 5.41) is 12.4. The summed E-state index contributed by atoms with van der Waals surface area (Å²) in [7, 11) is 0. The number of anilines is 2. The molecule has 3 aliphatic heterocycles. The first-order valence-electron chi connectivity index (χ1n) is 7.31. The van der Waals surface area contributed by atoms with Gasteiger partial charge < -0.3 is 20.2 Å². The number of amides is 2. The molecule has 2 unspecified atom stereocenters. The summed E-state index contributed by atoms with van der Waals surface area (Å²) < 4.78 is 0. The van der Waals surface area contributed by atoms with Crippen LogP contribution in [0, 0.1) is 0 Å². The molecular formula is C15H17N3O3. The van der Waals surface area contributed by atoms with E-state index >= 15 is 0 Å². The van der Waals surface area contributed by atoms with Crippen LogP contribution in [-0.2, 0) is 9.59 Å². The number of hydrogen-bond acceptors (Lipinski definition) is 4. The number of aliphatic hydroxyl groups excluding tert-OH is 1. The van der Waals surface area contributed by atoms with Crippen LogP contribution in [0.2, 0.25) is 0 Å². The SMILES string of the molecule is O=C1Nc2cc(N3CCN4C(=O)CCC4C3)ccc2C1O. The molecule has 4 rings (SSSR count). The molecule has 3 aliphatic rings. The van der Waals surface area contributed by atoms with Gasteiger partial charge in [-0.1, -0.05) is 6.07 Å². The van der Waals surface area contributed by atoms with Crippen molar-refractivity contribution in [2.45, 2.75) is 25.0 Å². The van der Waals surface area contributed by atoms with E-state index in [1.807, 2.05) is 17.0 Å². The predicted octanol–water partition coefficient (Wildman–Crippen LogP) is 0.483. The molecule has 2 saturated heterocycles. The maximum Gasteiger partial charge on any atom is 0.257 e. The molecule has 1 aromatic rings. The third kappa shape index (κ3) is 1.90. The van der Waals surface area contributed by atoms with Crippen molar-refractivity contribution in [3.63, 3.8) is 0 Å². The Kier molecular flexibility index (Phi) is 2.68. The minimum Gasteiger partial charge on any atom is -0.378 e. The minimum atomic E-state index is -1.06. The first-order chi connectivity index (χ1) is 10.1. The van der Waals surface area contributed by atoms with E-state index in [9.17, 15) is 14.7 Å². The fourth-order valence-corrected chi connectivity index (χ4v) is 3.53. The van der Waals surface area contributed by atoms with Gasteiger partial charge in [0, 0.05) is 49.0 Å². The van der Waals surface area contributed by atoms with Gasteiger partial charge in [0.05, 0.1) is 0 Å². The highest BCUT2D eigenvalue weighted by Gasteiger charge is 2.36. The molecule has 2 atom stereocenters. The van der Waals surface area contributed by atoms with Crippen molar-refractivity contribution >= 4 is 23.2 Å². The molecule has 0 aromatic heterocycles. The molecule has 6 heteroatoms. The standard InChI is InChI=1S/C15H17N3O3/c19-13-4-2-10-8-17(5-6-18(10)13)9-1-3-11-12(7-9)16-15(21)14(11)20/h1,3,7,10,14,20H,2,4-6,8H2,(H,16,21). The van der Waals surface area contributed by atoms with Crippen LogP contribution in [0.1, 0.15) is 24.5 Å². The number of aliphatic hydroxyl groups is 1. The highest BCUT2D eigenvalue weighted by atomic mass is 16.3. The lowest BCUT2D eigenvalue weighted by atomic mass is 10.1. The minimum absolute atomic E-state index is 0.268. The van der Waals surface area contributed by atoms with Crippen molar-refractivity contribution in [2.24, 2.45) is 0 Å². The van der Waals surface area contributed by atoms with Gasteiger partial charge >= 0.3 is 0 Å². The van der Waals surface area contributed by atoms with Crippen LogP contribution in [0.15, 0.2) is 18.2 Å². The number of nitrogens with one attached hydrogen (secondary N) is 1. The molecule has 2 amide bonds. The second-order valence-electron chi connectivity index (χ2n) is 5.89. The van der Waals surface area contributed by atoms with Crippen molar-refractivity contribution in [2.75, 3.05) is 29.9 Å². The van der Waals surface area contributed by atoms with Gasteiger partial charge in [0.15, 0.2) is 6.10 Å². The number of piperazine rings is 1. The Balaban J connectivity index is 1.57. The van der Waals surface area contributed by atoms with Gasteiger partial charge in [-0.3, -0.25) is 9.59 Å². The molecule has 21 heavy (non-hydrogen) atoms. The van der Waals surface area contributed by atoms with Crippen molar-refractivity contribution in [3.05, 3.63) is 23.8 Å². The molecule has 0 radical (unpaired) electrons. The maximum atomic E-state index is 11.7. The van der Waals surface area contributed by atoms with Gasteiger partial charge in [0.1, 0.15) is 0 Å². The van der Waals surface area contributed by atoms with E-state index in [4.69, 9.17) is 0 Å². The lowest BCUT2D eigenvalue weighted by Crippen LogP contribution is -2.51. The third-order valence-electron chi connectivity index (χ3n) is 4.70. The molecule has 2 N–H and O–H groups in total. The Morgan fingerprint density at radius 1 is 1.24 bits per heavy atom. The molecule has 110 valence electrons. The van der Waals surface area contributed by atoms with Crippen molar-refractivity contribution in [1.29, 1.82) is 0 Å². The zero-order valence-corrected chi connectivity index (χ0v) is 11.6.